The van der Waals surface area contributed by atoms with Gasteiger partial charge in [-0.25, -0.2) is 4.79 Å². The van der Waals surface area contributed by atoms with Crippen molar-refractivity contribution in [3.63, 3.8) is 0 Å². The molecule has 0 bridgehead atoms. The van der Waals surface area contributed by atoms with Crippen LogP contribution in [0.2, 0.25) is 0 Å². The molecule has 1 aromatic heterocycles. The summed E-state index contributed by atoms with van der Waals surface area (Å²) in [6.45, 7) is 4.18. The lowest BCUT2D eigenvalue weighted by atomic mass is 10.2. The summed E-state index contributed by atoms with van der Waals surface area (Å²) >= 11 is 3.45. The molecule has 94 valence electrons. The van der Waals surface area contributed by atoms with Crippen molar-refractivity contribution in [1.29, 1.82) is 0 Å². The van der Waals surface area contributed by atoms with Gasteiger partial charge in [0.1, 0.15) is 0 Å². The predicted octanol–water partition coefficient (Wildman–Crippen LogP) is 2.25. The highest BCUT2D eigenvalue weighted by molar-refractivity contribution is 9.10. The number of halogens is 1. The Labute approximate surface area is 114 Å². The van der Waals surface area contributed by atoms with Crippen molar-refractivity contribution in [1.82, 2.24) is 9.55 Å². The van der Waals surface area contributed by atoms with Crippen molar-refractivity contribution < 1.29 is 0 Å². The molecule has 4 nitrogen and oxygen atoms in total. The maximum absolute atomic E-state index is 11.9. The smallest absolute Gasteiger partial charge is 0.348 e. The van der Waals surface area contributed by atoms with Crippen LogP contribution in [0.25, 0.3) is 0 Å². The van der Waals surface area contributed by atoms with Gasteiger partial charge in [0.15, 0.2) is 0 Å². The molecule has 0 atom stereocenters. The Morgan fingerprint density at radius 3 is 2.78 bits per heavy atom. The SMILES string of the molecule is Cc1nc(=O)n(Cc2cccc(N)c2)c(C)c1Br. The van der Waals surface area contributed by atoms with Crippen LogP contribution < -0.4 is 11.4 Å². The second kappa shape index (κ2) is 4.94. The van der Waals surface area contributed by atoms with E-state index >= 15 is 0 Å². The van der Waals surface area contributed by atoms with Crippen LogP contribution >= 0.6 is 15.9 Å². The summed E-state index contributed by atoms with van der Waals surface area (Å²) in [6.07, 6.45) is 0. The average Bonchev–Trinajstić information content (AvgIpc) is 2.32. The third-order valence-corrected chi connectivity index (χ3v) is 3.97. The number of rotatable bonds is 2. The minimum absolute atomic E-state index is 0.240. The van der Waals surface area contributed by atoms with Gasteiger partial charge in [0, 0.05) is 11.4 Å². The molecule has 0 aliphatic heterocycles. The third-order valence-electron chi connectivity index (χ3n) is 2.83. The van der Waals surface area contributed by atoms with Crippen LogP contribution in [-0.4, -0.2) is 9.55 Å². The number of aryl methyl sites for hydroxylation is 1. The molecule has 0 unspecified atom stereocenters. The number of nitrogens with two attached hydrogens (primary N) is 1. The van der Waals surface area contributed by atoms with Crippen LogP contribution in [0, 0.1) is 13.8 Å². The van der Waals surface area contributed by atoms with E-state index in [1.807, 2.05) is 38.1 Å². The molecule has 0 aliphatic rings. The molecule has 5 heteroatoms. The molecule has 2 rings (SSSR count). The normalized spacial score (nSPS) is 10.6. The number of nitrogens with zero attached hydrogens (tertiary/aromatic N) is 2. The summed E-state index contributed by atoms with van der Waals surface area (Å²) in [5.41, 5.74) is 8.75. The topological polar surface area (TPSA) is 60.9 Å². The highest BCUT2D eigenvalue weighted by Crippen LogP contribution is 2.17. The molecule has 0 amide bonds. The lowest BCUT2D eigenvalue weighted by Gasteiger charge is -2.12. The van der Waals surface area contributed by atoms with Gasteiger partial charge in [0.2, 0.25) is 0 Å². The molecule has 0 saturated heterocycles. The Balaban J connectivity index is 2.47. The van der Waals surface area contributed by atoms with Crippen molar-refractivity contribution in [2.45, 2.75) is 20.4 Å². The van der Waals surface area contributed by atoms with E-state index in [0.29, 0.717) is 17.9 Å². The maximum Gasteiger partial charge on any atom is 0.348 e. The molecule has 2 aromatic rings. The first-order valence-electron chi connectivity index (χ1n) is 5.57. The zero-order chi connectivity index (χ0) is 13.3. The van der Waals surface area contributed by atoms with Crippen LogP contribution in [0.15, 0.2) is 33.5 Å². The molecule has 0 radical (unpaired) electrons. The van der Waals surface area contributed by atoms with E-state index in [2.05, 4.69) is 20.9 Å². The first-order valence-corrected chi connectivity index (χ1v) is 6.36. The first kappa shape index (κ1) is 12.8. The molecular weight excluding hydrogens is 294 g/mol. The van der Waals surface area contributed by atoms with Crippen LogP contribution in [0.1, 0.15) is 17.0 Å². The van der Waals surface area contributed by atoms with Crippen molar-refractivity contribution in [3.05, 3.63) is 56.2 Å². The largest absolute Gasteiger partial charge is 0.399 e. The van der Waals surface area contributed by atoms with Gasteiger partial charge in [-0.3, -0.25) is 4.57 Å². The number of hydrogen-bond donors (Lipinski definition) is 1. The zero-order valence-electron chi connectivity index (χ0n) is 10.3. The summed E-state index contributed by atoms with van der Waals surface area (Å²) in [5.74, 6) is 0. The van der Waals surface area contributed by atoms with Crippen LogP contribution in [0.5, 0.6) is 0 Å². The van der Waals surface area contributed by atoms with E-state index in [1.165, 1.54) is 0 Å². The van der Waals surface area contributed by atoms with E-state index in [4.69, 9.17) is 5.73 Å². The van der Waals surface area contributed by atoms with E-state index in [-0.39, 0.29) is 5.69 Å². The molecular formula is C13H14BrN3O. The van der Waals surface area contributed by atoms with Gasteiger partial charge in [-0.15, -0.1) is 0 Å². The second-order valence-electron chi connectivity index (χ2n) is 4.21. The third kappa shape index (κ3) is 2.46. The van der Waals surface area contributed by atoms with Crippen LogP contribution in [0.4, 0.5) is 5.69 Å². The Kier molecular flexibility index (Phi) is 3.52. The van der Waals surface area contributed by atoms with Gasteiger partial charge in [0.25, 0.3) is 0 Å². The Morgan fingerprint density at radius 2 is 2.11 bits per heavy atom. The quantitative estimate of drug-likeness (QED) is 0.866. The van der Waals surface area contributed by atoms with E-state index in [1.54, 1.807) is 4.57 Å². The molecule has 2 N–H and O–H groups in total. The summed E-state index contributed by atoms with van der Waals surface area (Å²) in [6, 6.07) is 7.50. The number of aromatic nitrogens is 2. The Bertz CT molecular complexity index is 649. The van der Waals surface area contributed by atoms with E-state index < -0.39 is 0 Å². The highest BCUT2D eigenvalue weighted by atomic mass is 79.9. The van der Waals surface area contributed by atoms with Gasteiger partial charge >= 0.3 is 5.69 Å². The maximum atomic E-state index is 11.9. The Hall–Kier alpha value is -1.62. The fourth-order valence-corrected chi connectivity index (χ4v) is 2.14. The second-order valence-corrected chi connectivity index (χ2v) is 5.00. The van der Waals surface area contributed by atoms with Crippen molar-refractivity contribution in [2.24, 2.45) is 0 Å². The molecule has 0 fully saturated rings. The monoisotopic (exact) mass is 307 g/mol. The summed E-state index contributed by atoms with van der Waals surface area (Å²) in [4.78, 5) is 15.9. The molecule has 1 heterocycles. The van der Waals surface area contributed by atoms with Crippen LogP contribution in [0.3, 0.4) is 0 Å². The highest BCUT2D eigenvalue weighted by Gasteiger charge is 2.09. The fourth-order valence-electron chi connectivity index (χ4n) is 1.84. The number of benzene rings is 1. The van der Waals surface area contributed by atoms with E-state index in [9.17, 15) is 4.79 Å². The molecule has 0 aliphatic carbocycles. The number of hydrogen-bond acceptors (Lipinski definition) is 3. The summed E-state index contributed by atoms with van der Waals surface area (Å²) in [7, 11) is 0. The molecule has 0 spiro atoms. The molecule has 0 saturated carbocycles. The van der Waals surface area contributed by atoms with Crippen LogP contribution in [-0.2, 0) is 6.54 Å². The minimum Gasteiger partial charge on any atom is -0.399 e. The first-order chi connectivity index (χ1) is 8.49. The summed E-state index contributed by atoms with van der Waals surface area (Å²) in [5, 5.41) is 0. The fraction of sp³-hybridized carbons (Fsp3) is 0.231. The predicted molar refractivity (Wildman–Crippen MR) is 75.6 cm³/mol. The van der Waals surface area contributed by atoms with E-state index in [0.717, 1.165) is 15.7 Å². The van der Waals surface area contributed by atoms with Gasteiger partial charge in [-0.2, -0.15) is 4.98 Å². The van der Waals surface area contributed by atoms with Crippen molar-refractivity contribution in [3.8, 4) is 0 Å². The molecule has 1 aromatic carbocycles. The van der Waals surface area contributed by atoms with Gasteiger partial charge < -0.3 is 5.73 Å². The van der Waals surface area contributed by atoms with Crippen molar-refractivity contribution in [2.75, 3.05) is 5.73 Å². The Morgan fingerprint density at radius 1 is 1.39 bits per heavy atom. The van der Waals surface area contributed by atoms with Gasteiger partial charge in [-0.1, -0.05) is 12.1 Å². The number of anilines is 1. The standard InChI is InChI=1S/C13H14BrN3O/c1-8-12(14)9(2)17(13(18)16-8)7-10-4-3-5-11(15)6-10/h3-6H,7,15H2,1-2H3. The lowest BCUT2D eigenvalue weighted by molar-refractivity contribution is 0.689. The average molecular weight is 308 g/mol. The summed E-state index contributed by atoms with van der Waals surface area (Å²) < 4.78 is 2.50. The van der Waals surface area contributed by atoms with Gasteiger partial charge in [-0.05, 0) is 47.5 Å². The molecule has 18 heavy (non-hydrogen) atoms. The lowest BCUT2D eigenvalue weighted by Crippen LogP contribution is -2.26. The van der Waals surface area contributed by atoms with Crippen molar-refractivity contribution >= 4 is 21.6 Å². The van der Waals surface area contributed by atoms with Gasteiger partial charge in [0.05, 0.1) is 16.7 Å². The number of nitrogen functional groups attached to an aromatic ring is 1. The zero-order valence-corrected chi connectivity index (χ0v) is 11.9. The minimum atomic E-state index is -0.240.